The fourth-order valence-corrected chi connectivity index (χ4v) is 2.56. The van der Waals surface area contributed by atoms with Crippen molar-refractivity contribution in [3.05, 3.63) is 0 Å². The molecule has 1 saturated heterocycles. The molecule has 0 aromatic rings. The highest BCUT2D eigenvalue weighted by Gasteiger charge is 2.23. The second-order valence-electron chi connectivity index (χ2n) is 6.56. The SMILES string of the molecule is CC(C)CO[C@H](C)C(=O)NCCCN1CCC[C@H](C(N)=O)C1. The predicted molar refractivity (Wildman–Crippen MR) is 86.2 cm³/mol. The van der Waals surface area contributed by atoms with Gasteiger partial charge in [0.15, 0.2) is 0 Å². The van der Waals surface area contributed by atoms with E-state index in [1.54, 1.807) is 6.92 Å². The largest absolute Gasteiger partial charge is 0.369 e. The van der Waals surface area contributed by atoms with Crippen LogP contribution in [0.4, 0.5) is 0 Å². The van der Waals surface area contributed by atoms with Crippen LogP contribution in [-0.2, 0) is 14.3 Å². The molecule has 0 bridgehead atoms. The summed E-state index contributed by atoms with van der Waals surface area (Å²) in [7, 11) is 0. The van der Waals surface area contributed by atoms with Gasteiger partial charge in [-0.3, -0.25) is 9.59 Å². The van der Waals surface area contributed by atoms with E-state index in [1.165, 1.54) is 0 Å². The zero-order chi connectivity index (χ0) is 16.5. The number of ether oxygens (including phenoxy) is 1. The van der Waals surface area contributed by atoms with E-state index in [0.29, 0.717) is 19.1 Å². The molecule has 0 aromatic heterocycles. The Hall–Kier alpha value is -1.14. The van der Waals surface area contributed by atoms with Crippen molar-refractivity contribution in [2.24, 2.45) is 17.6 Å². The van der Waals surface area contributed by atoms with E-state index in [4.69, 9.17) is 10.5 Å². The zero-order valence-corrected chi connectivity index (χ0v) is 14.1. The summed E-state index contributed by atoms with van der Waals surface area (Å²) in [6.07, 6.45) is 2.37. The van der Waals surface area contributed by atoms with Gasteiger partial charge in [0.25, 0.3) is 0 Å². The van der Waals surface area contributed by atoms with E-state index in [1.807, 2.05) is 0 Å². The fourth-order valence-electron chi connectivity index (χ4n) is 2.56. The summed E-state index contributed by atoms with van der Waals surface area (Å²) >= 11 is 0. The van der Waals surface area contributed by atoms with Crippen molar-refractivity contribution in [2.75, 3.05) is 32.8 Å². The van der Waals surface area contributed by atoms with Crippen molar-refractivity contribution < 1.29 is 14.3 Å². The maximum atomic E-state index is 11.8. The number of nitrogens with zero attached hydrogens (tertiary/aromatic N) is 1. The van der Waals surface area contributed by atoms with Gasteiger partial charge in [-0.25, -0.2) is 0 Å². The number of primary amides is 1. The van der Waals surface area contributed by atoms with Crippen molar-refractivity contribution in [1.29, 1.82) is 0 Å². The molecule has 22 heavy (non-hydrogen) atoms. The number of amides is 2. The number of carbonyl (C=O) groups is 2. The van der Waals surface area contributed by atoms with E-state index in [9.17, 15) is 9.59 Å². The standard InChI is InChI=1S/C16H31N3O3/c1-12(2)11-22-13(3)16(21)18-7-5-9-19-8-4-6-14(10-19)15(17)20/h12-14H,4-11H2,1-3H3,(H2,17,20)(H,18,21)/t13-,14+/m1/s1. The summed E-state index contributed by atoms with van der Waals surface area (Å²) in [4.78, 5) is 25.3. The first-order valence-electron chi connectivity index (χ1n) is 8.31. The van der Waals surface area contributed by atoms with Crippen LogP contribution < -0.4 is 11.1 Å². The van der Waals surface area contributed by atoms with Crippen LogP contribution in [0.5, 0.6) is 0 Å². The summed E-state index contributed by atoms with van der Waals surface area (Å²) in [6, 6.07) is 0. The number of hydrogen-bond acceptors (Lipinski definition) is 4. The van der Waals surface area contributed by atoms with Gasteiger partial charge in [0, 0.05) is 19.7 Å². The Morgan fingerprint density at radius 3 is 2.73 bits per heavy atom. The Morgan fingerprint density at radius 1 is 1.36 bits per heavy atom. The van der Waals surface area contributed by atoms with Gasteiger partial charge in [0.05, 0.1) is 5.92 Å². The third-order valence-corrected chi connectivity index (χ3v) is 3.91. The number of nitrogens with one attached hydrogen (secondary N) is 1. The first-order valence-corrected chi connectivity index (χ1v) is 8.31. The molecule has 0 unspecified atom stereocenters. The lowest BCUT2D eigenvalue weighted by atomic mass is 9.97. The van der Waals surface area contributed by atoms with Crippen molar-refractivity contribution in [3.63, 3.8) is 0 Å². The molecule has 0 spiro atoms. The smallest absolute Gasteiger partial charge is 0.248 e. The predicted octanol–water partition coefficient (Wildman–Crippen LogP) is 0.751. The molecule has 0 aliphatic carbocycles. The fraction of sp³-hybridized carbons (Fsp3) is 0.875. The first kappa shape index (κ1) is 18.9. The molecule has 0 aromatic carbocycles. The second-order valence-corrected chi connectivity index (χ2v) is 6.56. The first-order chi connectivity index (χ1) is 10.4. The topological polar surface area (TPSA) is 84.7 Å². The van der Waals surface area contributed by atoms with E-state index < -0.39 is 6.10 Å². The van der Waals surface area contributed by atoms with Crippen LogP contribution in [0.15, 0.2) is 0 Å². The van der Waals surface area contributed by atoms with Gasteiger partial charge in [-0.2, -0.15) is 0 Å². The van der Waals surface area contributed by atoms with Crippen LogP contribution >= 0.6 is 0 Å². The number of likely N-dealkylation sites (tertiary alicyclic amines) is 1. The number of nitrogens with two attached hydrogens (primary N) is 1. The number of hydrogen-bond donors (Lipinski definition) is 2. The highest BCUT2D eigenvalue weighted by atomic mass is 16.5. The monoisotopic (exact) mass is 313 g/mol. The Balaban J connectivity index is 2.14. The van der Waals surface area contributed by atoms with E-state index in [-0.39, 0.29) is 17.7 Å². The van der Waals surface area contributed by atoms with Gasteiger partial charge >= 0.3 is 0 Å². The summed E-state index contributed by atoms with van der Waals surface area (Å²) in [5.41, 5.74) is 5.37. The molecule has 6 heteroatoms. The van der Waals surface area contributed by atoms with Gasteiger partial charge in [-0.1, -0.05) is 13.8 Å². The highest BCUT2D eigenvalue weighted by Crippen LogP contribution is 2.15. The lowest BCUT2D eigenvalue weighted by Gasteiger charge is -2.31. The van der Waals surface area contributed by atoms with Crippen molar-refractivity contribution in [3.8, 4) is 0 Å². The third-order valence-electron chi connectivity index (χ3n) is 3.91. The summed E-state index contributed by atoms with van der Waals surface area (Å²) in [5.74, 6) is 0.142. The normalized spacial score (nSPS) is 20.8. The minimum absolute atomic E-state index is 0.0206. The summed E-state index contributed by atoms with van der Waals surface area (Å²) in [6.45, 7) is 9.75. The minimum atomic E-state index is -0.406. The van der Waals surface area contributed by atoms with Gasteiger partial charge in [-0.15, -0.1) is 0 Å². The molecule has 0 saturated carbocycles. The number of carbonyl (C=O) groups excluding carboxylic acids is 2. The van der Waals surface area contributed by atoms with Crippen LogP contribution in [0.25, 0.3) is 0 Å². The molecule has 6 nitrogen and oxygen atoms in total. The molecular weight excluding hydrogens is 282 g/mol. The molecule has 128 valence electrons. The van der Waals surface area contributed by atoms with Gasteiger partial charge in [0.2, 0.25) is 11.8 Å². The second kappa shape index (κ2) is 9.79. The Morgan fingerprint density at radius 2 is 2.09 bits per heavy atom. The summed E-state index contributed by atoms with van der Waals surface area (Å²) < 4.78 is 5.48. The van der Waals surface area contributed by atoms with Crippen LogP contribution in [0.3, 0.4) is 0 Å². The molecule has 2 atom stereocenters. The maximum absolute atomic E-state index is 11.8. The van der Waals surface area contributed by atoms with Crippen molar-refractivity contribution >= 4 is 11.8 Å². The molecule has 1 aliphatic heterocycles. The zero-order valence-electron chi connectivity index (χ0n) is 14.1. The van der Waals surface area contributed by atoms with Crippen LogP contribution in [0.2, 0.25) is 0 Å². The number of piperidine rings is 1. The van der Waals surface area contributed by atoms with E-state index >= 15 is 0 Å². The van der Waals surface area contributed by atoms with Crippen LogP contribution in [0, 0.1) is 11.8 Å². The summed E-state index contributed by atoms with van der Waals surface area (Å²) in [5, 5.41) is 2.90. The molecule has 2 amide bonds. The van der Waals surface area contributed by atoms with E-state index in [0.717, 1.165) is 38.9 Å². The van der Waals surface area contributed by atoms with Gasteiger partial charge < -0.3 is 20.7 Å². The number of rotatable bonds is 9. The quantitative estimate of drug-likeness (QED) is 0.615. The Bertz CT molecular complexity index is 361. The van der Waals surface area contributed by atoms with Gasteiger partial charge in [-0.05, 0) is 45.2 Å². The molecule has 0 radical (unpaired) electrons. The average molecular weight is 313 g/mol. The molecule has 1 rings (SSSR count). The molecule has 1 aliphatic rings. The van der Waals surface area contributed by atoms with Crippen molar-refractivity contribution in [2.45, 2.75) is 46.1 Å². The maximum Gasteiger partial charge on any atom is 0.248 e. The van der Waals surface area contributed by atoms with E-state index in [2.05, 4.69) is 24.1 Å². The van der Waals surface area contributed by atoms with Crippen molar-refractivity contribution in [1.82, 2.24) is 10.2 Å². The van der Waals surface area contributed by atoms with Crippen LogP contribution in [0.1, 0.15) is 40.0 Å². The molecule has 1 fully saturated rings. The highest BCUT2D eigenvalue weighted by molar-refractivity contribution is 5.80. The molecule has 3 N–H and O–H groups in total. The molecule has 1 heterocycles. The average Bonchev–Trinajstić information content (AvgIpc) is 2.49. The van der Waals surface area contributed by atoms with Gasteiger partial charge in [0.1, 0.15) is 6.10 Å². The lowest BCUT2D eigenvalue weighted by Crippen LogP contribution is -2.42. The Labute approximate surface area is 133 Å². The third kappa shape index (κ3) is 7.22. The lowest BCUT2D eigenvalue weighted by molar-refractivity contribution is -0.132. The Kier molecular flexibility index (Phi) is 8.42. The molecular formula is C16H31N3O3. The minimum Gasteiger partial charge on any atom is -0.369 e. The van der Waals surface area contributed by atoms with Crippen LogP contribution in [-0.4, -0.2) is 55.6 Å².